The average Bonchev–Trinajstić information content (AvgIpc) is 3.45. The minimum absolute atomic E-state index is 0.00409. The number of piperazine rings is 1. The highest BCUT2D eigenvalue weighted by Gasteiger charge is 2.30. The van der Waals surface area contributed by atoms with Crippen LogP contribution in [0.1, 0.15) is 37.1 Å². The van der Waals surface area contributed by atoms with E-state index >= 15 is 0 Å². The van der Waals surface area contributed by atoms with Gasteiger partial charge >= 0.3 is 5.69 Å². The summed E-state index contributed by atoms with van der Waals surface area (Å²) < 4.78 is 19.4. The van der Waals surface area contributed by atoms with Crippen molar-refractivity contribution in [1.29, 1.82) is 0 Å². The summed E-state index contributed by atoms with van der Waals surface area (Å²) in [6.45, 7) is 7.11. The Kier molecular flexibility index (Phi) is 9.54. The lowest BCUT2D eigenvalue weighted by atomic mass is 10.0. The van der Waals surface area contributed by atoms with E-state index in [9.17, 15) is 9.59 Å². The van der Waals surface area contributed by atoms with Crippen LogP contribution < -0.4 is 30.1 Å². The van der Waals surface area contributed by atoms with Crippen LogP contribution in [0, 0.1) is 0 Å². The highest BCUT2D eigenvalue weighted by Crippen LogP contribution is 2.38. The van der Waals surface area contributed by atoms with Crippen LogP contribution in [0.15, 0.2) is 77.9 Å². The van der Waals surface area contributed by atoms with Crippen LogP contribution >= 0.6 is 0 Å². The number of ether oxygens (including phenoxy) is 3. The van der Waals surface area contributed by atoms with Crippen LogP contribution in [0.5, 0.6) is 17.2 Å². The number of hydrogen-bond acceptors (Lipinski definition) is 8. The Labute approximate surface area is 257 Å². The molecule has 0 radical (unpaired) electrons. The fourth-order valence-corrected chi connectivity index (χ4v) is 5.60. The molecular weight excluding hydrogens is 560 g/mol. The smallest absolute Gasteiger partial charge is 0.350 e. The van der Waals surface area contributed by atoms with Gasteiger partial charge < -0.3 is 24.4 Å². The Morgan fingerprint density at radius 1 is 0.864 bits per heavy atom. The molecule has 1 unspecified atom stereocenters. The topological polar surface area (TPSA) is 103 Å². The van der Waals surface area contributed by atoms with Gasteiger partial charge in [0.2, 0.25) is 11.7 Å². The second kappa shape index (κ2) is 13.7. The third-order valence-electron chi connectivity index (χ3n) is 7.91. The number of carbonyl (C=O) groups is 1. The first-order valence-electron chi connectivity index (χ1n) is 14.7. The standard InChI is InChI=1S/C33H40N6O5/c1-23(2)39-33(41)38(22-35-39)27-13-11-26(12-14-27)36-15-17-37(18-16-36)30(25-9-7-6-8-10-25)32(40)34-21-24-19-28(42-3)31(44-5)29(20-24)43-4/h6-14,19-20,22-23,30H,15-18,21H2,1-5H3,(H,34,40). The van der Waals surface area contributed by atoms with Crippen LogP contribution in [-0.2, 0) is 11.3 Å². The van der Waals surface area contributed by atoms with E-state index in [0.717, 1.165) is 35.6 Å². The van der Waals surface area contributed by atoms with Gasteiger partial charge in [0.25, 0.3) is 0 Å². The van der Waals surface area contributed by atoms with Gasteiger partial charge in [-0.05, 0) is 61.4 Å². The molecule has 0 bridgehead atoms. The Morgan fingerprint density at radius 3 is 2.02 bits per heavy atom. The maximum absolute atomic E-state index is 13.8. The molecule has 1 aliphatic heterocycles. The van der Waals surface area contributed by atoms with Crippen molar-refractivity contribution in [2.45, 2.75) is 32.5 Å². The summed E-state index contributed by atoms with van der Waals surface area (Å²) in [5, 5.41) is 7.35. The van der Waals surface area contributed by atoms with Crippen LogP contribution in [0.2, 0.25) is 0 Å². The van der Waals surface area contributed by atoms with Gasteiger partial charge in [-0.2, -0.15) is 5.10 Å². The van der Waals surface area contributed by atoms with Crippen LogP contribution in [0.25, 0.3) is 5.69 Å². The predicted molar refractivity (Wildman–Crippen MR) is 169 cm³/mol. The molecular formula is C33H40N6O5. The number of hydrogen-bond donors (Lipinski definition) is 1. The quantitative estimate of drug-likeness (QED) is 0.277. The highest BCUT2D eigenvalue weighted by atomic mass is 16.5. The SMILES string of the molecule is COc1cc(CNC(=O)C(c2ccccc2)N2CCN(c3ccc(-n4cnn(C(C)C)c4=O)cc3)CC2)cc(OC)c1OC. The number of nitrogens with one attached hydrogen (secondary N) is 1. The fraction of sp³-hybridized carbons (Fsp3) is 0.364. The van der Waals surface area contributed by atoms with E-state index in [1.807, 2.05) is 80.6 Å². The molecule has 1 amide bonds. The van der Waals surface area contributed by atoms with Crippen LogP contribution in [0.4, 0.5) is 5.69 Å². The summed E-state index contributed by atoms with van der Waals surface area (Å²) in [5.74, 6) is 1.51. The summed E-state index contributed by atoms with van der Waals surface area (Å²) in [6.07, 6.45) is 1.56. The van der Waals surface area contributed by atoms with Gasteiger partial charge in [-0.15, -0.1) is 0 Å². The molecule has 44 heavy (non-hydrogen) atoms. The van der Waals surface area contributed by atoms with Gasteiger partial charge in [0.15, 0.2) is 11.5 Å². The Morgan fingerprint density at radius 2 is 1.48 bits per heavy atom. The number of nitrogens with zero attached hydrogens (tertiary/aromatic N) is 5. The maximum atomic E-state index is 13.8. The minimum atomic E-state index is -0.438. The molecule has 1 saturated heterocycles. The third-order valence-corrected chi connectivity index (χ3v) is 7.91. The molecule has 11 nitrogen and oxygen atoms in total. The fourth-order valence-electron chi connectivity index (χ4n) is 5.60. The van der Waals surface area contributed by atoms with Gasteiger partial charge in [0, 0.05) is 38.4 Å². The molecule has 3 aromatic carbocycles. The number of methoxy groups -OCH3 is 3. The minimum Gasteiger partial charge on any atom is -0.493 e. The number of carbonyl (C=O) groups excluding carboxylic acids is 1. The van der Waals surface area contributed by atoms with E-state index in [4.69, 9.17) is 14.2 Å². The molecule has 0 aliphatic carbocycles. The summed E-state index contributed by atoms with van der Waals surface area (Å²) in [7, 11) is 4.71. The molecule has 11 heteroatoms. The second-order valence-electron chi connectivity index (χ2n) is 10.9. The van der Waals surface area contributed by atoms with E-state index in [1.165, 1.54) is 4.68 Å². The van der Waals surface area contributed by atoms with Crippen molar-refractivity contribution < 1.29 is 19.0 Å². The summed E-state index contributed by atoms with van der Waals surface area (Å²) in [6, 6.07) is 21.1. The van der Waals surface area contributed by atoms with Gasteiger partial charge in [0.05, 0.1) is 33.1 Å². The summed E-state index contributed by atoms with van der Waals surface area (Å²) in [4.78, 5) is 31.0. The predicted octanol–water partition coefficient (Wildman–Crippen LogP) is 3.82. The lowest BCUT2D eigenvalue weighted by Crippen LogP contribution is -2.51. The zero-order valence-electron chi connectivity index (χ0n) is 25.9. The van der Waals surface area contributed by atoms with Crippen molar-refractivity contribution in [3.8, 4) is 22.9 Å². The van der Waals surface area contributed by atoms with Gasteiger partial charge in [-0.1, -0.05) is 30.3 Å². The molecule has 0 spiro atoms. The zero-order chi connectivity index (χ0) is 31.2. The molecule has 1 atom stereocenters. The van der Waals surface area contributed by atoms with E-state index in [1.54, 1.807) is 32.2 Å². The summed E-state index contributed by atoms with van der Waals surface area (Å²) >= 11 is 0. The number of amides is 1. The molecule has 0 saturated carbocycles. The molecule has 2 heterocycles. The molecule has 232 valence electrons. The zero-order valence-corrected chi connectivity index (χ0v) is 25.9. The Hall–Kier alpha value is -4.77. The van der Waals surface area contributed by atoms with Crippen molar-refractivity contribution in [3.05, 3.63) is 94.7 Å². The third kappa shape index (κ3) is 6.42. The first-order valence-corrected chi connectivity index (χ1v) is 14.7. The average molecular weight is 601 g/mol. The Bertz CT molecular complexity index is 1580. The van der Waals surface area contributed by atoms with Crippen molar-refractivity contribution >= 4 is 11.6 Å². The van der Waals surface area contributed by atoms with Gasteiger partial charge in [-0.3, -0.25) is 9.69 Å². The van der Waals surface area contributed by atoms with Crippen molar-refractivity contribution in [2.24, 2.45) is 0 Å². The lowest BCUT2D eigenvalue weighted by molar-refractivity contribution is -0.127. The lowest BCUT2D eigenvalue weighted by Gasteiger charge is -2.39. The van der Waals surface area contributed by atoms with E-state index in [0.29, 0.717) is 36.9 Å². The van der Waals surface area contributed by atoms with E-state index in [-0.39, 0.29) is 17.6 Å². The second-order valence-corrected chi connectivity index (χ2v) is 10.9. The number of anilines is 1. The molecule has 1 aromatic heterocycles. The molecule has 1 aliphatic rings. The van der Waals surface area contributed by atoms with E-state index < -0.39 is 6.04 Å². The van der Waals surface area contributed by atoms with Crippen molar-refractivity contribution in [2.75, 3.05) is 52.4 Å². The normalized spacial score (nSPS) is 14.4. The summed E-state index contributed by atoms with van der Waals surface area (Å²) in [5.41, 5.74) is 3.47. The van der Waals surface area contributed by atoms with Crippen molar-refractivity contribution in [1.82, 2.24) is 24.6 Å². The number of benzene rings is 3. The number of rotatable bonds is 11. The maximum Gasteiger partial charge on any atom is 0.350 e. The van der Waals surface area contributed by atoms with Crippen LogP contribution in [0.3, 0.4) is 0 Å². The first-order chi connectivity index (χ1) is 21.3. The Balaban J connectivity index is 1.27. The van der Waals surface area contributed by atoms with Gasteiger partial charge in [0.1, 0.15) is 12.4 Å². The molecule has 1 N–H and O–H groups in total. The van der Waals surface area contributed by atoms with Crippen LogP contribution in [-0.4, -0.2) is 72.7 Å². The number of aromatic nitrogens is 3. The van der Waals surface area contributed by atoms with Gasteiger partial charge in [-0.25, -0.2) is 14.0 Å². The molecule has 5 rings (SSSR count). The molecule has 1 fully saturated rings. The monoisotopic (exact) mass is 600 g/mol. The van der Waals surface area contributed by atoms with E-state index in [2.05, 4.69) is 20.2 Å². The van der Waals surface area contributed by atoms with Crippen molar-refractivity contribution in [3.63, 3.8) is 0 Å². The first kappa shape index (κ1) is 30.7. The molecule has 4 aromatic rings. The highest BCUT2D eigenvalue weighted by molar-refractivity contribution is 5.83. The largest absolute Gasteiger partial charge is 0.493 e.